The predicted octanol–water partition coefficient (Wildman–Crippen LogP) is 17.7. The Morgan fingerprint density at radius 1 is 0.448 bits per heavy atom. The summed E-state index contributed by atoms with van der Waals surface area (Å²) in [5, 5.41) is 23.9. The third kappa shape index (κ3) is 49.5. The molecule has 6 heteroatoms. The van der Waals surface area contributed by atoms with Gasteiger partial charge in [-0.3, -0.25) is 9.59 Å². The molecule has 388 valence electrons. The molecule has 0 saturated carbocycles. The van der Waals surface area contributed by atoms with Crippen molar-refractivity contribution in [1.29, 1.82) is 0 Å². The first-order chi connectivity index (χ1) is 33.0. The number of unbranched alkanes of at least 4 members (excludes halogenated alkanes) is 29. The van der Waals surface area contributed by atoms with Crippen LogP contribution in [0.15, 0.2) is 72.9 Å². The van der Waals surface area contributed by atoms with Crippen LogP contribution in [0.5, 0.6) is 0 Å². The number of hydrogen-bond donors (Lipinski definition) is 3. The van der Waals surface area contributed by atoms with Crippen LogP contribution in [0.1, 0.15) is 278 Å². The lowest BCUT2D eigenvalue weighted by Crippen LogP contribution is -2.46. The van der Waals surface area contributed by atoms with E-state index in [1.165, 1.54) is 141 Å². The molecule has 0 aromatic heterocycles. The lowest BCUT2D eigenvalue weighted by molar-refractivity contribution is -0.151. The quantitative estimate of drug-likeness (QED) is 0.0244. The van der Waals surface area contributed by atoms with Crippen LogP contribution < -0.4 is 5.32 Å². The minimum Gasteiger partial charge on any atom is -0.462 e. The van der Waals surface area contributed by atoms with Crippen LogP contribution in [-0.4, -0.2) is 46.9 Å². The first-order valence-corrected chi connectivity index (χ1v) is 28.7. The van der Waals surface area contributed by atoms with Crippen molar-refractivity contribution >= 4 is 11.9 Å². The maximum absolute atomic E-state index is 13.3. The molecule has 0 aliphatic rings. The van der Waals surface area contributed by atoms with E-state index in [1.807, 2.05) is 0 Å². The van der Waals surface area contributed by atoms with E-state index in [0.717, 1.165) is 89.9 Å². The van der Waals surface area contributed by atoms with Gasteiger partial charge < -0.3 is 20.3 Å². The monoisotopic (exact) mass is 936 g/mol. The maximum atomic E-state index is 13.3. The molecule has 0 aliphatic heterocycles. The van der Waals surface area contributed by atoms with E-state index < -0.39 is 18.2 Å². The summed E-state index contributed by atoms with van der Waals surface area (Å²) in [6.07, 6.45) is 69.6. The highest BCUT2D eigenvalue weighted by molar-refractivity contribution is 5.77. The molecular weight excluding hydrogens is 827 g/mol. The fourth-order valence-corrected chi connectivity index (χ4v) is 8.44. The summed E-state index contributed by atoms with van der Waals surface area (Å²) in [6.45, 7) is 6.44. The molecule has 6 nitrogen and oxygen atoms in total. The van der Waals surface area contributed by atoms with Crippen molar-refractivity contribution in [3.05, 3.63) is 72.9 Å². The summed E-state index contributed by atoms with van der Waals surface area (Å²) >= 11 is 0. The highest BCUT2D eigenvalue weighted by Gasteiger charge is 2.24. The Kier molecular flexibility index (Phi) is 52.1. The second-order valence-corrected chi connectivity index (χ2v) is 19.4. The van der Waals surface area contributed by atoms with Crippen LogP contribution in [0.25, 0.3) is 0 Å². The molecule has 0 radical (unpaired) electrons. The number of amides is 1. The number of carbonyl (C=O) groups excluding carboxylic acids is 2. The fourth-order valence-electron chi connectivity index (χ4n) is 8.44. The van der Waals surface area contributed by atoms with E-state index >= 15 is 0 Å². The number of rotatable bonds is 51. The molecule has 0 aromatic carbocycles. The largest absolute Gasteiger partial charge is 0.462 e. The van der Waals surface area contributed by atoms with Crippen molar-refractivity contribution < 1.29 is 24.5 Å². The zero-order chi connectivity index (χ0) is 48.8. The lowest BCUT2D eigenvalue weighted by atomic mass is 10.0. The number of ether oxygens (including phenoxy) is 1. The Morgan fingerprint density at radius 3 is 1.31 bits per heavy atom. The highest BCUT2D eigenvalue weighted by Crippen LogP contribution is 2.17. The molecule has 0 aromatic rings. The fraction of sp³-hybridized carbons (Fsp3) is 0.770. The third-order valence-corrected chi connectivity index (χ3v) is 12.8. The molecule has 0 fully saturated rings. The summed E-state index contributed by atoms with van der Waals surface area (Å²) in [6, 6.07) is -0.722. The van der Waals surface area contributed by atoms with Gasteiger partial charge in [-0.15, -0.1) is 0 Å². The number of aliphatic hydroxyl groups excluding tert-OH is 2. The second-order valence-electron chi connectivity index (χ2n) is 19.4. The van der Waals surface area contributed by atoms with Gasteiger partial charge in [0.25, 0.3) is 0 Å². The van der Waals surface area contributed by atoms with E-state index in [4.69, 9.17) is 4.74 Å². The molecule has 0 aliphatic carbocycles. The normalized spacial score (nSPS) is 13.7. The topological polar surface area (TPSA) is 95.9 Å². The molecule has 3 N–H and O–H groups in total. The summed E-state index contributed by atoms with van der Waals surface area (Å²) in [4.78, 5) is 26.3. The van der Waals surface area contributed by atoms with Crippen LogP contribution in [0.2, 0.25) is 0 Å². The summed E-state index contributed by atoms with van der Waals surface area (Å²) in [5.41, 5.74) is 0. The third-order valence-electron chi connectivity index (χ3n) is 12.8. The summed E-state index contributed by atoms with van der Waals surface area (Å²) < 4.78 is 5.93. The molecule has 3 atom stereocenters. The number of carbonyl (C=O) groups is 2. The van der Waals surface area contributed by atoms with E-state index in [0.29, 0.717) is 19.3 Å². The van der Waals surface area contributed by atoms with Gasteiger partial charge >= 0.3 is 5.97 Å². The minimum absolute atomic E-state index is 0.0414. The van der Waals surface area contributed by atoms with E-state index in [2.05, 4.69) is 99.0 Å². The second kappa shape index (κ2) is 54.2. The molecule has 0 heterocycles. The van der Waals surface area contributed by atoms with Crippen LogP contribution in [0, 0.1) is 0 Å². The van der Waals surface area contributed by atoms with Crippen LogP contribution in [-0.2, 0) is 14.3 Å². The number of nitrogens with one attached hydrogen (secondary N) is 1. The summed E-state index contributed by atoms with van der Waals surface area (Å²) in [7, 11) is 0. The number of hydrogen-bond acceptors (Lipinski definition) is 5. The molecule has 1 amide bonds. The Hall–Kier alpha value is -2.70. The van der Waals surface area contributed by atoms with Crippen LogP contribution in [0.4, 0.5) is 0 Å². The Labute approximate surface area is 415 Å². The molecule has 0 rings (SSSR count). The van der Waals surface area contributed by atoms with Gasteiger partial charge in [0.1, 0.15) is 6.10 Å². The van der Waals surface area contributed by atoms with E-state index in [-0.39, 0.29) is 24.9 Å². The number of esters is 1. The lowest BCUT2D eigenvalue weighted by Gasteiger charge is -2.24. The van der Waals surface area contributed by atoms with Crippen molar-refractivity contribution in [2.75, 3.05) is 6.61 Å². The average Bonchev–Trinajstić information content (AvgIpc) is 3.32. The van der Waals surface area contributed by atoms with Gasteiger partial charge in [0, 0.05) is 6.42 Å². The Balaban J connectivity index is 4.66. The Morgan fingerprint density at radius 2 is 0.821 bits per heavy atom. The SMILES string of the molecule is CCCCC/C=C\C/C=C\C/C=C\CCCCC(CC(=O)NC(CO)C(O)CCCCCCCCCCCCCCCCC)OC(=O)CCCCCCC/C=C/C=C/C=C/CCCCCCC. The number of allylic oxidation sites excluding steroid dienone is 12. The average molecular weight is 937 g/mol. The molecular formula is C61H109NO5. The first-order valence-electron chi connectivity index (χ1n) is 28.7. The molecule has 0 spiro atoms. The zero-order valence-electron chi connectivity index (χ0n) is 44.3. The van der Waals surface area contributed by atoms with Gasteiger partial charge in [0.05, 0.1) is 25.2 Å². The van der Waals surface area contributed by atoms with Gasteiger partial charge in [-0.25, -0.2) is 0 Å². The van der Waals surface area contributed by atoms with Crippen molar-refractivity contribution in [1.82, 2.24) is 5.32 Å². The van der Waals surface area contributed by atoms with Crippen molar-refractivity contribution in [2.24, 2.45) is 0 Å². The minimum atomic E-state index is -0.805. The van der Waals surface area contributed by atoms with E-state index in [1.54, 1.807) is 0 Å². The van der Waals surface area contributed by atoms with Crippen molar-refractivity contribution in [3.8, 4) is 0 Å². The highest BCUT2D eigenvalue weighted by atomic mass is 16.5. The molecule has 67 heavy (non-hydrogen) atoms. The van der Waals surface area contributed by atoms with Gasteiger partial charge in [0.2, 0.25) is 5.91 Å². The molecule has 3 unspecified atom stereocenters. The van der Waals surface area contributed by atoms with Crippen molar-refractivity contribution in [3.63, 3.8) is 0 Å². The van der Waals surface area contributed by atoms with Crippen LogP contribution >= 0.6 is 0 Å². The Bertz CT molecular complexity index is 1230. The van der Waals surface area contributed by atoms with Gasteiger partial charge in [0.15, 0.2) is 0 Å². The van der Waals surface area contributed by atoms with Crippen LogP contribution in [0.3, 0.4) is 0 Å². The van der Waals surface area contributed by atoms with Gasteiger partial charge in [-0.2, -0.15) is 0 Å². The smallest absolute Gasteiger partial charge is 0.306 e. The van der Waals surface area contributed by atoms with Gasteiger partial charge in [-0.05, 0) is 89.9 Å². The molecule has 0 saturated heterocycles. The molecule has 0 bridgehead atoms. The summed E-state index contributed by atoms with van der Waals surface area (Å²) in [5.74, 6) is -0.531. The first kappa shape index (κ1) is 64.3. The predicted molar refractivity (Wildman–Crippen MR) is 291 cm³/mol. The van der Waals surface area contributed by atoms with E-state index in [9.17, 15) is 19.8 Å². The number of aliphatic hydroxyl groups is 2. The standard InChI is InChI=1S/C61H109NO5/c1-4-7-10-13-16-19-22-25-28-29-30-33-36-39-42-45-48-51-54-61(66)67-57(52-49-46-43-40-37-34-31-26-23-20-17-14-11-8-5-2)55-60(65)62-58(56-63)59(64)53-50-47-44-41-38-35-32-27-24-21-18-15-12-9-6-3/h17,20,22,25-26,28-31,33,37,40,57-59,63-64H,4-16,18-19,21,23-24,27,32,34-36,38-39,41-56H2,1-3H3,(H,62,65)/b20-17-,25-22+,29-28+,31-26-,33-30+,40-37-. The van der Waals surface area contributed by atoms with Gasteiger partial charge in [-0.1, -0.05) is 248 Å². The van der Waals surface area contributed by atoms with Crippen molar-refractivity contribution in [2.45, 2.75) is 296 Å². The maximum Gasteiger partial charge on any atom is 0.306 e. The zero-order valence-corrected chi connectivity index (χ0v) is 44.3.